The van der Waals surface area contributed by atoms with E-state index in [1.54, 1.807) is 22.5 Å². The van der Waals surface area contributed by atoms with Crippen LogP contribution < -0.4 is 4.90 Å². The molecule has 2 aromatic carbocycles. The zero-order valence-electron chi connectivity index (χ0n) is 16.9. The minimum Gasteiger partial charge on any atom is -0.467 e. The Morgan fingerprint density at radius 2 is 1.97 bits per heavy atom. The average molecular weight is 437 g/mol. The van der Waals surface area contributed by atoms with Crippen molar-refractivity contribution >= 4 is 44.4 Å². The molecular formula is C24H24N2O2S2. The van der Waals surface area contributed by atoms with Gasteiger partial charge in [-0.3, -0.25) is 9.69 Å². The van der Waals surface area contributed by atoms with Gasteiger partial charge in [0.2, 0.25) is 5.91 Å². The molecule has 0 aliphatic heterocycles. The molecule has 0 saturated carbocycles. The third kappa shape index (κ3) is 5.12. The minimum absolute atomic E-state index is 0.0865. The van der Waals surface area contributed by atoms with Crippen molar-refractivity contribution in [3.63, 3.8) is 0 Å². The number of carbonyl (C=O) groups excluding carboxylic acids is 1. The van der Waals surface area contributed by atoms with Crippen LogP contribution in [0.2, 0.25) is 0 Å². The molecule has 0 atom stereocenters. The third-order valence-corrected chi connectivity index (χ3v) is 6.98. The Morgan fingerprint density at radius 3 is 2.73 bits per heavy atom. The zero-order chi connectivity index (χ0) is 20.8. The molecule has 0 spiro atoms. The van der Waals surface area contributed by atoms with Gasteiger partial charge >= 0.3 is 0 Å². The molecule has 0 aliphatic carbocycles. The molecule has 0 aliphatic rings. The third-order valence-electron chi connectivity index (χ3n) is 4.83. The van der Waals surface area contributed by atoms with E-state index >= 15 is 0 Å². The molecule has 30 heavy (non-hydrogen) atoms. The average Bonchev–Trinajstić information content (AvgIpc) is 3.43. The van der Waals surface area contributed by atoms with Gasteiger partial charge in [0.05, 0.1) is 23.0 Å². The number of aryl methyl sites for hydroxylation is 1. The first-order chi connectivity index (χ1) is 14.7. The van der Waals surface area contributed by atoms with Crippen LogP contribution in [0.3, 0.4) is 0 Å². The number of furan rings is 1. The number of fused-ring (bicyclic) bond motifs is 1. The second kappa shape index (κ2) is 9.96. The zero-order valence-corrected chi connectivity index (χ0v) is 18.5. The molecule has 0 N–H and O–H groups in total. The summed E-state index contributed by atoms with van der Waals surface area (Å²) in [5.41, 5.74) is 3.41. The van der Waals surface area contributed by atoms with Crippen LogP contribution in [0.15, 0.2) is 71.3 Å². The van der Waals surface area contributed by atoms with Crippen molar-refractivity contribution in [1.29, 1.82) is 0 Å². The summed E-state index contributed by atoms with van der Waals surface area (Å²) in [7, 11) is 0. The van der Waals surface area contributed by atoms with Crippen molar-refractivity contribution < 1.29 is 9.21 Å². The van der Waals surface area contributed by atoms with Gasteiger partial charge in [-0.2, -0.15) is 11.8 Å². The van der Waals surface area contributed by atoms with Gasteiger partial charge in [0.1, 0.15) is 5.76 Å². The summed E-state index contributed by atoms with van der Waals surface area (Å²) in [6.45, 7) is 2.45. The fourth-order valence-electron chi connectivity index (χ4n) is 3.24. The number of thiazole rings is 1. The highest BCUT2D eigenvalue weighted by atomic mass is 32.2. The summed E-state index contributed by atoms with van der Waals surface area (Å²) in [4.78, 5) is 19.7. The quantitative estimate of drug-likeness (QED) is 0.283. The Labute approximate surface area is 184 Å². The maximum absolute atomic E-state index is 13.1. The van der Waals surface area contributed by atoms with Crippen LogP contribution in [0, 0.1) is 6.92 Å². The predicted molar refractivity (Wildman–Crippen MR) is 126 cm³/mol. The Bertz CT molecular complexity index is 1090. The van der Waals surface area contributed by atoms with Gasteiger partial charge in [0, 0.05) is 12.2 Å². The van der Waals surface area contributed by atoms with Gasteiger partial charge in [-0.1, -0.05) is 53.8 Å². The van der Waals surface area contributed by atoms with Crippen molar-refractivity contribution in [3.8, 4) is 0 Å². The van der Waals surface area contributed by atoms with Crippen molar-refractivity contribution in [3.05, 3.63) is 83.8 Å². The van der Waals surface area contributed by atoms with Crippen LogP contribution in [0.5, 0.6) is 0 Å². The largest absolute Gasteiger partial charge is 0.467 e. The number of benzene rings is 2. The Balaban J connectivity index is 1.41. The predicted octanol–water partition coefficient (Wildman–Crippen LogP) is 6.44. The van der Waals surface area contributed by atoms with Gasteiger partial charge in [0.15, 0.2) is 5.13 Å². The number of carbonyl (C=O) groups is 1. The van der Waals surface area contributed by atoms with E-state index in [9.17, 15) is 4.79 Å². The lowest BCUT2D eigenvalue weighted by Crippen LogP contribution is -2.30. The summed E-state index contributed by atoms with van der Waals surface area (Å²) in [6.07, 6.45) is 2.98. The molecule has 154 valence electrons. The van der Waals surface area contributed by atoms with Gasteiger partial charge < -0.3 is 4.42 Å². The van der Waals surface area contributed by atoms with E-state index in [-0.39, 0.29) is 5.91 Å². The molecule has 0 radical (unpaired) electrons. The van der Waals surface area contributed by atoms with Crippen LogP contribution in [0.25, 0.3) is 10.2 Å². The molecule has 0 bridgehead atoms. The number of para-hydroxylation sites is 1. The lowest BCUT2D eigenvalue weighted by atomic mass is 10.2. The second-order valence-corrected chi connectivity index (χ2v) is 9.23. The number of anilines is 1. The van der Waals surface area contributed by atoms with E-state index in [2.05, 4.69) is 43.3 Å². The van der Waals surface area contributed by atoms with Crippen LogP contribution >= 0.6 is 23.1 Å². The summed E-state index contributed by atoms with van der Waals surface area (Å²) >= 11 is 3.42. The van der Waals surface area contributed by atoms with E-state index in [1.165, 1.54) is 5.56 Å². The SMILES string of the molecule is Cc1cccc2sc(N(Cc3ccco3)C(=O)CCCSCc3ccccc3)nc12. The molecule has 2 heterocycles. The number of rotatable bonds is 9. The summed E-state index contributed by atoms with van der Waals surface area (Å²) in [6, 6.07) is 20.3. The number of aromatic nitrogens is 1. The molecule has 4 aromatic rings. The maximum Gasteiger partial charge on any atom is 0.229 e. The smallest absolute Gasteiger partial charge is 0.229 e. The summed E-state index contributed by atoms with van der Waals surface area (Å²) in [5, 5.41) is 0.734. The van der Waals surface area contributed by atoms with E-state index in [0.717, 1.165) is 44.6 Å². The molecule has 4 rings (SSSR count). The fourth-order valence-corrected chi connectivity index (χ4v) is 5.22. The molecule has 1 amide bonds. The lowest BCUT2D eigenvalue weighted by Gasteiger charge is -2.18. The molecule has 4 nitrogen and oxygen atoms in total. The Hall–Kier alpha value is -2.57. The molecule has 2 aromatic heterocycles. The normalized spacial score (nSPS) is 11.1. The number of nitrogens with zero attached hydrogens (tertiary/aromatic N) is 2. The standard InChI is InChI=1S/C24H24N2O2S2/c1-18-8-5-12-21-23(18)25-24(30-21)26(16-20-11-6-14-28-20)22(27)13-7-15-29-17-19-9-3-2-4-10-19/h2-6,8-12,14H,7,13,15-17H2,1H3. The number of amides is 1. The van der Waals surface area contributed by atoms with Crippen molar-refractivity contribution in [2.45, 2.75) is 32.1 Å². The minimum atomic E-state index is 0.0865. The van der Waals surface area contributed by atoms with Crippen LogP contribution in [0.4, 0.5) is 5.13 Å². The van der Waals surface area contributed by atoms with Crippen molar-refractivity contribution in [1.82, 2.24) is 4.98 Å². The highest BCUT2D eigenvalue weighted by Gasteiger charge is 2.21. The highest BCUT2D eigenvalue weighted by molar-refractivity contribution is 7.98. The van der Waals surface area contributed by atoms with E-state index in [1.807, 2.05) is 36.0 Å². The molecule has 0 saturated heterocycles. The van der Waals surface area contributed by atoms with Crippen LogP contribution in [0.1, 0.15) is 29.7 Å². The van der Waals surface area contributed by atoms with Crippen LogP contribution in [-0.2, 0) is 17.1 Å². The summed E-state index contributed by atoms with van der Waals surface area (Å²) in [5.74, 6) is 2.78. The van der Waals surface area contributed by atoms with Gasteiger partial charge in [-0.05, 0) is 48.4 Å². The number of hydrogen-bond acceptors (Lipinski definition) is 5. The molecule has 6 heteroatoms. The van der Waals surface area contributed by atoms with E-state index in [4.69, 9.17) is 9.40 Å². The van der Waals surface area contributed by atoms with Gasteiger partial charge in [-0.15, -0.1) is 0 Å². The Kier molecular flexibility index (Phi) is 6.87. The van der Waals surface area contributed by atoms with Gasteiger partial charge in [-0.25, -0.2) is 4.98 Å². The van der Waals surface area contributed by atoms with Gasteiger partial charge in [0.25, 0.3) is 0 Å². The second-order valence-electron chi connectivity index (χ2n) is 7.12. The van der Waals surface area contributed by atoms with Crippen LogP contribution in [-0.4, -0.2) is 16.6 Å². The lowest BCUT2D eigenvalue weighted by molar-refractivity contribution is -0.118. The molecule has 0 fully saturated rings. The molecular weight excluding hydrogens is 412 g/mol. The van der Waals surface area contributed by atoms with Crippen molar-refractivity contribution in [2.75, 3.05) is 10.7 Å². The first-order valence-electron chi connectivity index (χ1n) is 10.0. The number of thioether (sulfide) groups is 1. The first-order valence-corrected chi connectivity index (χ1v) is 12.0. The molecule has 0 unspecified atom stereocenters. The fraction of sp³-hybridized carbons (Fsp3) is 0.250. The number of hydrogen-bond donors (Lipinski definition) is 0. The maximum atomic E-state index is 13.1. The summed E-state index contributed by atoms with van der Waals surface area (Å²) < 4.78 is 6.60. The first kappa shape index (κ1) is 20.7. The van der Waals surface area contributed by atoms with E-state index < -0.39 is 0 Å². The highest BCUT2D eigenvalue weighted by Crippen LogP contribution is 2.32. The van der Waals surface area contributed by atoms with Crippen molar-refractivity contribution in [2.24, 2.45) is 0 Å². The Morgan fingerprint density at radius 1 is 1.10 bits per heavy atom. The van der Waals surface area contributed by atoms with E-state index in [0.29, 0.717) is 13.0 Å². The topological polar surface area (TPSA) is 46.3 Å². The monoisotopic (exact) mass is 436 g/mol.